The second-order valence-corrected chi connectivity index (χ2v) is 4.17. The Morgan fingerprint density at radius 3 is 2.53 bits per heavy atom. The third-order valence-corrected chi connectivity index (χ3v) is 3.51. The van der Waals surface area contributed by atoms with Crippen LogP contribution < -0.4 is 5.73 Å². The van der Waals surface area contributed by atoms with Crippen molar-refractivity contribution >= 4 is 21.9 Å². The maximum absolute atomic E-state index is 10.7. The number of hydrogen-bond donors (Lipinski definition) is 3. The predicted molar refractivity (Wildman–Crippen MR) is 59.8 cm³/mol. The summed E-state index contributed by atoms with van der Waals surface area (Å²) < 4.78 is 0.770. The van der Waals surface area contributed by atoms with Crippen LogP contribution in [0, 0.1) is 13.8 Å². The lowest BCUT2D eigenvalue weighted by Crippen LogP contribution is -2.22. The van der Waals surface area contributed by atoms with E-state index < -0.39 is 12.0 Å². The highest BCUT2D eigenvalue weighted by atomic mass is 79.9. The molecular formula is C10H12BrNO3. The monoisotopic (exact) mass is 273 g/mol. The lowest BCUT2D eigenvalue weighted by atomic mass is 9.98. The molecule has 1 aromatic rings. The summed E-state index contributed by atoms with van der Waals surface area (Å²) in [5.41, 5.74) is 7.22. The highest BCUT2D eigenvalue weighted by Gasteiger charge is 2.22. The van der Waals surface area contributed by atoms with Gasteiger partial charge in [-0.1, -0.05) is 15.9 Å². The first-order valence-corrected chi connectivity index (χ1v) is 5.12. The van der Waals surface area contributed by atoms with E-state index in [1.54, 1.807) is 6.92 Å². The van der Waals surface area contributed by atoms with Crippen LogP contribution in [-0.4, -0.2) is 16.2 Å². The molecule has 1 atom stereocenters. The Bertz CT molecular complexity index is 418. The van der Waals surface area contributed by atoms with Gasteiger partial charge in [0.1, 0.15) is 11.8 Å². The lowest BCUT2D eigenvalue weighted by molar-refractivity contribution is -0.138. The Morgan fingerprint density at radius 2 is 2.07 bits per heavy atom. The number of hydrogen-bond acceptors (Lipinski definition) is 3. The molecule has 0 saturated heterocycles. The molecule has 1 aromatic carbocycles. The Labute approximate surface area is 95.8 Å². The topological polar surface area (TPSA) is 83.5 Å². The van der Waals surface area contributed by atoms with Crippen LogP contribution >= 0.6 is 15.9 Å². The van der Waals surface area contributed by atoms with Crippen LogP contribution in [0.3, 0.4) is 0 Å². The van der Waals surface area contributed by atoms with Gasteiger partial charge in [0.2, 0.25) is 0 Å². The molecule has 0 heterocycles. The molecule has 0 saturated carbocycles. The van der Waals surface area contributed by atoms with Gasteiger partial charge in [-0.25, -0.2) is 0 Å². The fourth-order valence-corrected chi connectivity index (χ4v) is 1.80. The maximum atomic E-state index is 10.7. The third kappa shape index (κ3) is 2.13. The summed E-state index contributed by atoms with van der Waals surface area (Å²) in [6.45, 7) is 3.53. The summed E-state index contributed by atoms with van der Waals surface area (Å²) in [5, 5.41) is 18.4. The second kappa shape index (κ2) is 4.20. The lowest BCUT2D eigenvalue weighted by Gasteiger charge is -2.15. The van der Waals surface area contributed by atoms with E-state index >= 15 is 0 Å². The Hall–Kier alpha value is -1.07. The first-order valence-electron chi connectivity index (χ1n) is 4.33. The number of nitrogens with two attached hydrogens (primary N) is 1. The number of rotatable bonds is 2. The molecule has 0 aromatic heterocycles. The van der Waals surface area contributed by atoms with Crippen LogP contribution in [0.2, 0.25) is 0 Å². The van der Waals surface area contributed by atoms with Gasteiger partial charge in [-0.05, 0) is 31.0 Å². The van der Waals surface area contributed by atoms with E-state index in [4.69, 9.17) is 10.8 Å². The van der Waals surface area contributed by atoms with Gasteiger partial charge in [-0.2, -0.15) is 0 Å². The number of aliphatic carboxylic acids is 1. The van der Waals surface area contributed by atoms with Crippen molar-refractivity contribution in [3.8, 4) is 5.75 Å². The van der Waals surface area contributed by atoms with Crippen LogP contribution in [0.25, 0.3) is 0 Å². The molecule has 1 unspecified atom stereocenters. The van der Waals surface area contributed by atoms with Gasteiger partial charge in [-0.15, -0.1) is 0 Å². The number of aromatic hydroxyl groups is 1. The highest BCUT2D eigenvalue weighted by Crippen LogP contribution is 2.34. The number of carbonyl (C=O) groups is 1. The van der Waals surface area contributed by atoms with Gasteiger partial charge in [0.25, 0.3) is 0 Å². The van der Waals surface area contributed by atoms with E-state index in [1.165, 1.54) is 6.07 Å². The van der Waals surface area contributed by atoms with Crippen LogP contribution in [0.4, 0.5) is 0 Å². The standard InChI is InChI=1S/C10H12BrNO3/c1-4-3-6(13)7(5(2)8(4)11)9(12)10(14)15/h3,9,13H,12H2,1-2H3,(H,14,15). The quantitative estimate of drug-likeness (QED) is 0.768. The van der Waals surface area contributed by atoms with Gasteiger partial charge < -0.3 is 15.9 Å². The molecule has 5 heteroatoms. The molecule has 0 radical (unpaired) electrons. The van der Waals surface area contributed by atoms with Crippen LogP contribution in [0.15, 0.2) is 10.5 Å². The molecule has 0 aliphatic rings. The fourth-order valence-electron chi connectivity index (χ4n) is 1.47. The van der Waals surface area contributed by atoms with Crippen molar-refractivity contribution in [2.45, 2.75) is 19.9 Å². The fraction of sp³-hybridized carbons (Fsp3) is 0.300. The van der Waals surface area contributed by atoms with E-state index in [9.17, 15) is 9.90 Å². The van der Waals surface area contributed by atoms with Crippen molar-refractivity contribution in [1.82, 2.24) is 0 Å². The SMILES string of the molecule is Cc1cc(O)c(C(N)C(=O)O)c(C)c1Br. The van der Waals surface area contributed by atoms with Gasteiger partial charge in [-0.3, -0.25) is 4.79 Å². The van der Waals surface area contributed by atoms with E-state index in [2.05, 4.69) is 15.9 Å². The number of phenols is 1. The molecule has 0 aliphatic carbocycles. The van der Waals surface area contributed by atoms with Crippen molar-refractivity contribution in [2.24, 2.45) is 5.73 Å². The van der Waals surface area contributed by atoms with Crippen molar-refractivity contribution in [1.29, 1.82) is 0 Å². The number of phenolic OH excluding ortho intramolecular Hbond substituents is 1. The van der Waals surface area contributed by atoms with E-state index in [-0.39, 0.29) is 11.3 Å². The molecular weight excluding hydrogens is 262 g/mol. The van der Waals surface area contributed by atoms with E-state index in [0.717, 1.165) is 10.0 Å². The average molecular weight is 274 g/mol. The first kappa shape index (κ1) is 12.0. The number of benzene rings is 1. The van der Waals surface area contributed by atoms with Gasteiger partial charge >= 0.3 is 5.97 Å². The number of aryl methyl sites for hydroxylation is 1. The van der Waals surface area contributed by atoms with Gasteiger partial charge in [0, 0.05) is 10.0 Å². The van der Waals surface area contributed by atoms with Crippen molar-refractivity contribution in [2.75, 3.05) is 0 Å². The largest absolute Gasteiger partial charge is 0.508 e. The molecule has 4 N–H and O–H groups in total. The number of halogens is 1. The van der Waals surface area contributed by atoms with Crippen LogP contribution in [0.5, 0.6) is 5.75 Å². The smallest absolute Gasteiger partial charge is 0.325 e. The van der Waals surface area contributed by atoms with E-state index in [1.807, 2.05) is 6.92 Å². The molecule has 15 heavy (non-hydrogen) atoms. The number of carboxylic acid groups (broad SMARTS) is 1. The summed E-state index contributed by atoms with van der Waals surface area (Å²) in [7, 11) is 0. The molecule has 1 rings (SSSR count). The zero-order valence-electron chi connectivity index (χ0n) is 8.41. The number of carboxylic acids is 1. The Kier molecular flexibility index (Phi) is 3.36. The average Bonchev–Trinajstić information content (AvgIpc) is 2.14. The van der Waals surface area contributed by atoms with Crippen LogP contribution in [-0.2, 0) is 4.79 Å². The minimum atomic E-state index is -1.21. The first-order chi connectivity index (χ1) is 6.86. The highest BCUT2D eigenvalue weighted by molar-refractivity contribution is 9.10. The van der Waals surface area contributed by atoms with Crippen LogP contribution in [0.1, 0.15) is 22.7 Å². The molecule has 4 nitrogen and oxygen atoms in total. The van der Waals surface area contributed by atoms with Gasteiger partial charge in [0.15, 0.2) is 0 Å². The van der Waals surface area contributed by atoms with Gasteiger partial charge in [0.05, 0.1) is 0 Å². The molecule has 0 amide bonds. The predicted octanol–water partition coefficient (Wildman–Crippen LogP) is 1.86. The summed E-state index contributed by atoms with van der Waals surface area (Å²) in [4.78, 5) is 10.7. The minimum Gasteiger partial charge on any atom is -0.508 e. The Balaban J connectivity index is 3.42. The van der Waals surface area contributed by atoms with Crippen molar-refractivity contribution in [3.05, 3.63) is 27.2 Å². The van der Waals surface area contributed by atoms with Crippen molar-refractivity contribution in [3.63, 3.8) is 0 Å². The molecule has 82 valence electrons. The second-order valence-electron chi connectivity index (χ2n) is 3.38. The molecule has 0 fully saturated rings. The maximum Gasteiger partial charge on any atom is 0.325 e. The summed E-state index contributed by atoms with van der Waals surface area (Å²) in [5.74, 6) is -1.24. The van der Waals surface area contributed by atoms with Crippen molar-refractivity contribution < 1.29 is 15.0 Å². The minimum absolute atomic E-state index is 0.0805. The molecule has 0 spiro atoms. The summed E-state index contributed by atoms with van der Waals surface area (Å²) in [6.07, 6.45) is 0. The zero-order valence-corrected chi connectivity index (χ0v) is 10.00. The Morgan fingerprint density at radius 1 is 1.53 bits per heavy atom. The normalized spacial score (nSPS) is 12.5. The summed E-state index contributed by atoms with van der Waals surface area (Å²) in [6, 6.07) is 0.289. The molecule has 0 bridgehead atoms. The molecule has 0 aliphatic heterocycles. The summed E-state index contributed by atoms with van der Waals surface area (Å²) >= 11 is 3.32. The van der Waals surface area contributed by atoms with E-state index in [0.29, 0.717) is 5.56 Å². The zero-order chi connectivity index (χ0) is 11.7. The third-order valence-electron chi connectivity index (χ3n) is 2.29.